The Bertz CT molecular complexity index is 188. The second-order valence-electron chi connectivity index (χ2n) is 4.51. The van der Waals surface area contributed by atoms with Crippen molar-refractivity contribution in [2.24, 2.45) is 0 Å². The lowest BCUT2D eigenvalue weighted by molar-refractivity contribution is 0.553. The maximum atomic E-state index is 3.55. The molecule has 1 aliphatic carbocycles. The van der Waals surface area contributed by atoms with E-state index in [0.29, 0.717) is 4.75 Å². The highest BCUT2D eigenvalue weighted by atomic mass is 32.2. The SMILES string of the molecule is CSC1(CNCC=C(C)C)CCCC1. The Balaban J connectivity index is 2.24. The van der Waals surface area contributed by atoms with E-state index in [2.05, 4.69) is 43.3 Å². The van der Waals surface area contributed by atoms with Gasteiger partial charge in [-0.25, -0.2) is 0 Å². The average Bonchev–Trinajstić information content (AvgIpc) is 2.62. The van der Waals surface area contributed by atoms with Gasteiger partial charge in [-0.15, -0.1) is 0 Å². The lowest BCUT2D eigenvalue weighted by atomic mass is 10.1. The zero-order valence-corrected chi connectivity index (χ0v) is 10.5. The van der Waals surface area contributed by atoms with Crippen LogP contribution in [0, 0.1) is 0 Å². The summed E-state index contributed by atoms with van der Waals surface area (Å²) in [5.41, 5.74) is 1.40. The average molecular weight is 213 g/mol. The van der Waals surface area contributed by atoms with Crippen molar-refractivity contribution in [3.63, 3.8) is 0 Å². The zero-order valence-electron chi connectivity index (χ0n) is 9.73. The van der Waals surface area contributed by atoms with Crippen LogP contribution in [0.5, 0.6) is 0 Å². The normalized spacial score (nSPS) is 19.6. The summed E-state index contributed by atoms with van der Waals surface area (Å²) in [7, 11) is 0. The monoisotopic (exact) mass is 213 g/mol. The van der Waals surface area contributed by atoms with Crippen LogP contribution in [0.3, 0.4) is 0 Å². The molecule has 0 aromatic heterocycles. The molecule has 0 saturated heterocycles. The minimum Gasteiger partial charge on any atom is -0.312 e. The molecule has 0 radical (unpaired) electrons. The second-order valence-corrected chi connectivity index (χ2v) is 5.78. The summed E-state index contributed by atoms with van der Waals surface area (Å²) in [5, 5.41) is 3.55. The van der Waals surface area contributed by atoms with Crippen LogP contribution in [0.15, 0.2) is 11.6 Å². The van der Waals surface area contributed by atoms with Gasteiger partial charge in [-0.1, -0.05) is 24.5 Å². The molecule has 1 nitrogen and oxygen atoms in total. The molecule has 0 aromatic rings. The molecular weight excluding hydrogens is 190 g/mol. The Kier molecular flexibility index (Phi) is 5.04. The summed E-state index contributed by atoms with van der Waals surface area (Å²) in [4.78, 5) is 0. The molecule has 0 atom stereocenters. The Morgan fingerprint density at radius 2 is 2.00 bits per heavy atom. The standard InChI is InChI=1S/C12H23NS/c1-11(2)6-9-13-10-12(14-3)7-4-5-8-12/h6,13H,4-5,7-10H2,1-3H3. The molecule has 0 amide bonds. The van der Waals surface area contributed by atoms with E-state index in [0.717, 1.165) is 6.54 Å². The van der Waals surface area contributed by atoms with Crippen LogP contribution in [-0.2, 0) is 0 Å². The molecule has 0 aliphatic heterocycles. The van der Waals surface area contributed by atoms with E-state index in [1.165, 1.54) is 37.8 Å². The highest BCUT2D eigenvalue weighted by molar-refractivity contribution is 8.00. The summed E-state index contributed by atoms with van der Waals surface area (Å²) >= 11 is 2.06. The van der Waals surface area contributed by atoms with Gasteiger partial charge in [0.2, 0.25) is 0 Å². The fraction of sp³-hybridized carbons (Fsp3) is 0.833. The first kappa shape index (κ1) is 12.1. The summed E-state index contributed by atoms with van der Waals surface area (Å²) in [5.74, 6) is 0. The fourth-order valence-corrected chi connectivity index (χ4v) is 2.99. The van der Waals surface area contributed by atoms with Gasteiger partial charge in [-0.2, -0.15) is 11.8 Å². The first-order valence-electron chi connectivity index (χ1n) is 5.58. The van der Waals surface area contributed by atoms with E-state index in [4.69, 9.17) is 0 Å². The van der Waals surface area contributed by atoms with Gasteiger partial charge in [0.15, 0.2) is 0 Å². The van der Waals surface area contributed by atoms with Crippen LogP contribution in [0.2, 0.25) is 0 Å². The van der Waals surface area contributed by atoms with E-state index < -0.39 is 0 Å². The van der Waals surface area contributed by atoms with Crippen molar-refractivity contribution < 1.29 is 0 Å². The van der Waals surface area contributed by atoms with E-state index >= 15 is 0 Å². The molecular formula is C12H23NS. The zero-order chi connectivity index (χ0) is 10.4. The summed E-state index contributed by atoms with van der Waals surface area (Å²) in [6.45, 7) is 6.52. The third-order valence-electron chi connectivity index (χ3n) is 3.05. The highest BCUT2D eigenvalue weighted by Crippen LogP contribution is 2.39. The van der Waals surface area contributed by atoms with E-state index in [9.17, 15) is 0 Å². The number of hydrogen-bond acceptors (Lipinski definition) is 2. The molecule has 1 aliphatic rings. The van der Waals surface area contributed by atoms with Crippen LogP contribution >= 0.6 is 11.8 Å². The lowest BCUT2D eigenvalue weighted by Gasteiger charge is -2.26. The molecule has 1 saturated carbocycles. The van der Waals surface area contributed by atoms with Crippen molar-refractivity contribution in [3.05, 3.63) is 11.6 Å². The molecule has 14 heavy (non-hydrogen) atoms. The van der Waals surface area contributed by atoms with Crippen LogP contribution in [0.4, 0.5) is 0 Å². The van der Waals surface area contributed by atoms with Crippen LogP contribution < -0.4 is 5.32 Å². The van der Waals surface area contributed by atoms with Crippen molar-refractivity contribution in [1.82, 2.24) is 5.32 Å². The van der Waals surface area contributed by atoms with Crippen molar-refractivity contribution in [2.75, 3.05) is 19.3 Å². The van der Waals surface area contributed by atoms with Crippen LogP contribution in [-0.4, -0.2) is 24.1 Å². The first-order chi connectivity index (χ1) is 6.68. The van der Waals surface area contributed by atoms with Crippen molar-refractivity contribution in [2.45, 2.75) is 44.3 Å². The largest absolute Gasteiger partial charge is 0.312 e. The Morgan fingerprint density at radius 1 is 1.36 bits per heavy atom. The minimum absolute atomic E-state index is 0.551. The summed E-state index contributed by atoms with van der Waals surface area (Å²) in [6, 6.07) is 0. The first-order valence-corrected chi connectivity index (χ1v) is 6.80. The summed E-state index contributed by atoms with van der Waals surface area (Å²) in [6.07, 6.45) is 10.2. The van der Waals surface area contributed by atoms with Crippen molar-refractivity contribution in [3.8, 4) is 0 Å². The van der Waals surface area contributed by atoms with Gasteiger partial charge in [0.05, 0.1) is 0 Å². The molecule has 0 bridgehead atoms. The number of allylic oxidation sites excluding steroid dienone is 1. The smallest absolute Gasteiger partial charge is 0.0281 e. The molecule has 2 heteroatoms. The number of thioether (sulfide) groups is 1. The Morgan fingerprint density at radius 3 is 2.50 bits per heavy atom. The Hall–Kier alpha value is 0.0500. The molecule has 0 unspecified atom stereocenters. The molecule has 82 valence electrons. The number of nitrogens with one attached hydrogen (secondary N) is 1. The van der Waals surface area contributed by atoms with Gasteiger partial charge < -0.3 is 5.32 Å². The van der Waals surface area contributed by atoms with Crippen molar-refractivity contribution in [1.29, 1.82) is 0 Å². The highest BCUT2D eigenvalue weighted by Gasteiger charge is 2.32. The third-order valence-corrected chi connectivity index (χ3v) is 4.47. The van der Waals surface area contributed by atoms with Gasteiger partial charge in [0.25, 0.3) is 0 Å². The summed E-state index contributed by atoms with van der Waals surface area (Å²) < 4.78 is 0.551. The van der Waals surface area contributed by atoms with Gasteiger partial charge in [0, 0.05) is 17.8 Å². The maximum absolute atomic E-state index is 3.55. The molecule has 0 spiro atoms. The van der Waals surface area contributed by atoms with Crippen molar-refractivity contribution >= 4 is 11.8 Å². The Labute approximate surface area is 92.7 Å². The fourth-order valence-electron chi connectivity index (χ4n) is 2.05. The quantitative estimate of drug-likeness (QED) is 0.556. The van der Waals surface area contributed by atoms with Gasteiger partial charge >= 0.3 is 0 Å². The van der Waals surface area contributed by atoms with E-state index in [-0.39, 0.29) is 0 Å². The lowest BCUT2D eigenvalue weighted by Crippen LogP contribution is -2.35. The molecule has 1 rings (SSSR count). The number of rotatable bonds is 5. The predicted molar refractivity (Wildman–Crippen MR) is 67.0 cm³/mol. The second kappa shape index (κ2) is 5.82. The van der Waals surface area contributed by atoms with E-state index in [1.807, 2.05) is 0 Å². The van der Waals surface area contributed by atoms with Gasteiger partial charge in [-0.05, 0) is 32.9 Å². The molecule has 0 aromatic carbocycles. The minimum atomic E-state index is 0.551. The topological polar surface area (TPSA) is 12.0 Å². The molecule has 1 N–H and O–H groups in total. The van der Waals surface area contributed by atoms with Gasteiger partial charge in [0.1, 0.15) is 0 Å². The van der Waals surface area contributed by atoms with Gasteiger partial charge in [-0.3, -0.25) is 0 Å². The maximum Gasteiger partial charge on any atom is 0.0281 e. The van der Waals surface area contributed by atoms with E-state index in [1.54, 1.807) is 0 Å². The van der Waals surface area contributed by atoms with Crippen LogP contribution in [0.25, 0.3) is 0 Å². The number of hydrogen-bond donors (Lipinski definition) is 1. The predicted octanol–water partition coefficient (Wildman–Crippen LogP) is 3.22. The van der Waals surface area contributed by atoms with Crippen LogP contribution in [0.1, 0.15) is 39.5 Å². The molecule has 0 heterocycles. The molecule has 1 fully saturated rings. The third kappa shape index (κ3) is 3.66.